The van der Waals surface area contributed by atoms with E-state index in [2.05, 4.69) is 15.1 Å². The molecule has 2 rings (SSSR count). The van der Waals surface area contributed by atoms with Crippen LogP contribution in [0.15, 0.2) is 24.7 Å². The highest BCUT2D eigenvalue weighted by Crippen LogP contribution is 2.13. The number of esters is 1. The molecule has 0 radical (unpaired) electrons. The van der Waals surface area contributed by atoms with Gasteiger partial charge in [0.05, 0.1) is 25.0 Å². The van der Waals surface area contributed by atoms with E-state index in [1.165, 1.54) is 10.7 Å². The molecule has 94 valence electrons. The Hall–Kier alpha value is -2.44. The minimum atomic E-state index is -0.564. The molecule has 0 fully saturated rings. The summed E-state index contributed by atoms with van der Waals surface area (Å²) in [6.45, 7) is 2.20. The Kier molecular flexibility index (Phi) is 3.52. The summed E-state index contributed by atoms with van der Waals surface area (Å²) < 4.78 is 6.05. The summed E-state index contributed by atoms with van der Waals surface area (Å²) in [6, 6.07) is 1.26. The average molecular weight is 248 g/mol. The molecule has 0 aromatic carbocycles. The van der Waals surface area contributed by atoms with E-state index >= 15 is 0 Å². The molecule has 2 aromatic rings. The quantitative estimate of drug-likeness (QED) is 0.797. The molecular weight excluding hydrogens is 236 g/mol. The SMILES string of the molecule is CCOC(=O)c1cc(O)n(Cc2cnccn2)n1. The molecule has 0 aliphatic rings. The third-order valence-electron chi connectivity index (χ3n) is 2.17. The number of carbonyl (C=O) groups excluding carboxylic acids is 1. The number of ether oxygens (including phenoxy) is 1. The minimum Gasteiger partial charge on any atom is -0.493 e. The van der Waals surface area contributed by atoms with Crippen molar-refractivity contribution in [3.63, 3.8) is 0 Å². The highest BCUT2D eigenvalue weighted by molar-refractivity contribution is 5.87. The zero-order chi connectivity index (χ0) is 13.0. The number of nitrogens with zero attached hydrogens (tertiary/aromatic N) is 4. The topological polar surface area (TPSA) is 90.1 Å². The average Bonchev–Trinajstić information content (AvgIpc) is 2.73. The van der Waals surface area contributed by atoms with Gasteiger partial charge >= 0.3 is 5.97 Å². The zero-order valence-corrected chi connectivity index (χ0v) is 9.78. The van der Waals surface area contributed by atoms with Crippen LogP contribution in [0.3, 0.4) is 0 Å². The van der Waals surface area contributed by atoms with Crippen molar-refractivity contribution < 1.29 is 14.6 Å². The third kappa shape index (κ3) is 2.62. The molecule has 0 unspecified atom stereocenters. The van der Waals surface area contributed by atoms with Crippen molar-refractivity contribution in [1.82, 2.24) is 19.7 Å². The molecule has 0 amide bonds. The van der Waals surface area contributed by atoms with Crippen molar-refractivity contribution in [2.24, 2.45) is 0 Å². The predicted molar refractivity (Wildman–Crippen MR) is 61.0 cm³/mol. The van der Waals surface area contributed by atoms with Crippen LogP contribution in [0.2, 0.25) is 0 Å². The largest absolute Gasteiger partial charge is 0.493 e. The molecule has 0 aliphatic carbocycles. The van der Waals surface area contributed by atoms with Crippen LogP contribution in [0.25, 0.3) is 0 Å². The number of rotatable bonds is 4. The summed E-state index contributed by atoms with van der Waals surface area (Å²) in [6.07, 6.45) is 4.66. The van der Waals surface area contributed by atoms with Gasteiger partial charge in [-0.3, -0.25) is 9.97 Å². The Bertz CT molecular complexity index is 538. The van der Waals surface area contributed by atoms with Gasteiger partial charge in [-0.1, -0.05) is 0 Å². The Balaban J connectivity index is 2.17. The molecule has 18 heavy (non-hydrogen) atoms. The van der Waals surface area contributed by atoms with Crippen molar-refractivity contribution in [2.75, 3.05) is 6.61 Å². The van der Waals surface area contributed by atoms with Gasteiger partial charge in [-0.2, -0.15) is 5.10 Å². The molecular formula is C11H12N4O3. The number of carbonyl (C=O) groups is 1. The summed E-state index contributed by atoms with van der Waals surface area (Å²) >= 11 is 0. The molecule has 0 saturated heterocycles. The van der Waals surface area contributed by atoms with Crippen LogP contribution < -0.4 is 0 Å². The lowest BCUT2D eigenvalue weighted by Gasteiger charge is -2.01. The second kappa shape index (κ2) is 5.26. The fourth-order valence-corrected chi connectivity index (χ4v) is 1.39. The molecule has 7 heteroatoms. The molecule has 2 aromatic heterocycles. The Morgan fingerprint density at radius 2 is 2.33 bits per heavy atom. The number of aromatic hydroxyl groups is 1. The lowest BCUT2D eigenvalue weighted by molar-refractivity contribution is 0.0518. The second-order valence-electron chi connectivity index (χ2n) is 3.46. The van der Waals surface area contributed by atoms with Gasteiger partial charge in [0, 0.05) is 18.5 Å². The van der Waals surface area contributed by atoms with Gasteiger partial charge < -0.3 is 9.84 Å². The van der Waals surface area contributed by atoms with Crippen molar-refractivity contribution in [2.45, 2.75) is 13.5 Å². The van der Waals surface area contributed by atoms with E-state index in [-0.39, 0.29) is 24.7 Å². The van der Waals surface area contributed by atoms with Gasteiger partial charge in [0.25, 0.3) is 0 Å². The molecule has 1 N–H and O–H groups in total. The molecule has 0 saturated carbocycles. The fraction of sp³-hybridized carbons (Fsp3) is 0.273. The Morgan fingerprint density at radius 1 is 1.50 bits per heavy atom. The molecule has 0 aliphatic heterocycles. The van der Waals surface area contributed by atoms with Gasteiger partial charge in [-0.15, -0.1) is 0 Å². The number of hydrogen-bond acceptors (Lipinski definition) is 6. The first-order valence-corrected chi connectivity index (χ1v) is 5.39. The first kappa shape index (κ1) is 12.0. The maximum Gasteiger partial charge on any atom is 0.358 e. The van der Waals surface area contributed by atoms with Crippen LogP contribution in [0.1, 0.15) is 23.1 Å². The van der Waals surface area contributed by atoms with E-state index < -0.39 is 5.97 Å². The van der Waals surface area contributed by atoms with E-state index in [0.29, 0.717) is 5.69 Å². The first-order valence-electron chi connectivity index (χ1n) is 5.39. The maximum atomic E-state index is 11.4. The highest BCUT2D eigenvalue weighted by Gasteiger charge is 2.15. The lowest BCUT2D eigenvalue weighted by atomic mass is 10.4. The van der Waals surface area contributed by atoms with Crippen LogP contribution >= 0.6 is 0 Å². The van der Waals surface area contributed by atoms with Crippen LogP contribution in [-0.2, 0) is 11.3 Å². The normalized spacial score (nSPS) is 10.3. The molecule has 7 nitrogen and oxygen atoms in total. The van der Waals surface area contributed by atoms with Crippen molar-refractivity contribution in [1.29, 1.82) is 0 Å². The van der Waals surface area contributed by atoms with Gasteiger partial charge in [0.15, 0.2) is 5.69 Å². The Morgan fingerprint density at radius 3 is 3.00 bits per heavy atom. The fourth-order valence-electron chi connectivity index (χ4n) is 1.39. The van der Waals surface area contributed by atoms with Gasteiger partial charge in [0.1, 0.15) is 0 Å². The maximum absolute atomic E-state index is 11.4. The van der Waals surface area contributed by atoms with Crippen LogP contribution in [0.5, 0.6) is 5.88 Å². The monoisotopic (exact) mass is 248 g/mol. The summed E-state index contributed by atoms with van der Waals surface area (Å²) in [5, 5.41) is 13.6. The third-order valence-corrected chi connectivity index (χ3v) is 2.17. The van der Waals surface area contributed by atoms with Gasteiger partial charge in [0.2, 0.25) is 5.88 Å². The molecule has 0 spiro atoms. The van der Waals surface area contributed by atoms with Gasteiger partial charge in [-0.25, -0.2) is 9.48 Å². The standard InChI is InChI=1S/C11H12N4O3/c1-2-18-11(17)9-5-10(16)15(14-9)7-8-6-12-3-4-13-8/h3-6,16H,2,7H2,1H3. The highest BCUT2D eigenvalue weighted by atomic mass is 16.5. The lowest BCUT2D eigenvalue weighted by Crippen LogP contribution is -2.08. The summed E-state index contributed by atoms with van der Waals surface area (Å²) in [5.74, 6) is -0.686. The molecule has 2 heterocycles. The van der Waals surface area contributed by atoms with Crippen LogP contribution in [-0.4, -0.2) is 37.4 Å². The van der Waals surface area contributed by atoms with E-state index in [0.717, 1.165) is 0 Å². The van der Waals surface area contributed by atoms with Crippen molar-refractivity contribution in [3.8, 4) is 5.88 Å². The number of hydrogen-bond donors (Lipinski definition) is 1. The minimum absolute atomic E-state index is 0.0678. The molecule has 0 atom stereocenters. The summed E-state index contributed by atoms with van der Waals surface area (Å²) in [5.41, 5.74) is 0.699. The van der Waals surface area contributed by atoms with E-state index in [1.54, 1.807) is 25.5 Å². The number of aromatic nitrogens is 4. The van der Waals surface area contributed by atoms with E-state index in [1.807, 2.05) is 0 Å². The van der Waals surface area contributed by atoms with E-state index in [9.17, 15) is 9.90 Å². The Labute approximate surface area is 103 Å². The van der Waals surface area contributed by atoms with Gasteiger partial charge in [-0.05, 0) is 6.92 Å². The predicted octanol–water partition coefficient (Wildman–Crippen LogP) is 0.604. The van der Waals surface area contributed by atoms with Crippen LogP contribution in [0.4, 0.5) is 0 Å². The smallest absolute Gasteiger partial charge is 0.358 e. The first-order chi connectivity index (χ1) is 8.70. The van der Waals surface area contributed by atoms with E-state index in [4.69, 9.17) is 4.74 Å². The summed E-state index contributed by atoms with van der Waals surface area (Å²) in [7, 11) is 0. The van der Waals surface area contributed by atoms with Crippen molar-refractivity contribution in [3.05, 3.63) is 36.0 Å². The second-order valence-corrected chi connectivity index (χ2v) is 3.46. The zero-order valence-electron chi connectivity index (χ0n) is 9.78. The van der Waals surface area contributed by atoms with Crippen molar-refractivity contribution >= 4 is 5.97 Å². The summed E-state index contributed by atoms with van der Waals surface area (Å²) in [4.78, 5) is 19.4. The molecule has 0 bridgehead atoms. The van der Waals surface area contributed by atoms with Crippen LogP contribution in [0, 0.1) is 0 Å².